The zero-order valence-corrected chi connectivity index (χ0v) is 16.9. The van der Waals surface area contributed by atoms with E-state index >= 15 is 0 Å². The van der Waals surface area contributed by atoms with E-state index in [0.29, 0.717) is 16.9 Å². The van der Waals surface area contributed by atoms with Crippen LogP contribution in [0.4, 0.5) is 13.2 Å². The van der Waals surface area contributed by atoms with Gasteiger partial charge in [-0.05, 0) is 43.5 Å². The number of benzene rings is 2. The number of unbranched alkanes of at least 4 members (excludes halogenated alkanes) is 1. The number of aryl methyl sites for hydroxylation is 2. The van der Waals surface area contributed by atoms with Gasteiger partial charge in [0.2, 0.25) is 0 Å². The second-order valence-corrected chi connectivity index (χ2v) is 7.44. The highest BCUT2D eigenvalue weighted by Crippen LogP contribution is 2.34. The zero-order chi connectivity index (χ0) is 21.3. The fourth-order valence-electron chi connectivity index (χ4n) is 3.60. The number of aromatic nitrogens is 3. The van der Waals surface area contributed by atoms with E-state index in [0.717, 1.165) is 53.8 Å². The van der Waals surface area contributed by atoms with E-state index < -0.39 is 11.7 Å². The fourth-order valence-corrected chi connectivity index (χ4v) is 3.60. The van der Waals surface area contributed by atoms with E-state index in [-0.39, 0.29) is 0 Å². The van der Waals surface area contributed by atoms with Crippen molar-refractivity contribution in [2.24, 2.45) is 0 Å². The first-order valence-electron chi connectivity index (χ1n) is 9.99. The summed E-state index contributed by atoms with van der Waals surface area (Å²) in [5.74, 6) is 0. The van der Waals surface area contributed by atoms with Crippen LogP contribution in [-0.4, -0.2) is 14.6 Å². The van der Waals surface area contributed by atoms with Crippen molar-refractivity contribution in [3.8, 4) is 22.4 Å². The Morgan fingerprint density at radius 2 is 1.73 bits per heavy atom. The first-order valence-corrected chi connectivity index (χ1v) is 9.99. The van der Waals surface area contributed by atoms with Crippen LogP contribution in [0, 0.1) is 6.92 Å². The second-order valence-electron chi connectivity index (χ2n) is 7.44. The summed E-state index contributed by atoms with van der Waals surface area (Å²) in [5.41, 5.74) is 5.03. The summed E-state index contributed by atoms with van der Waals surface area (Å²) in [6, 6.07) is 15.2. The van der Waals surface area contributed by atoms with Crippen molar-refractivity contribution in [2.75, 3.05) is 0 Å². The molecule has 30 heavy (non-hydrogen) atoms. The third-order valence-corrected chi connectivity index (χ3v) is 5.18. The molecule has 0 bridgehead atoms. The highest BCUT2D eigenvalue weighted by atomic mass is 19.4. The molecule has 0 aliphatic rings. The Morgan fingerprint density at radius 3 is 2.43 bits per heavy atom. The lowest BCUT2D eigenvalue weighted by atomic mass is 10.0. The maximum atomic E-state index is 13.2. The van der Waals surface area contributed by atoms with Gasteiger partial charge in [0.25, 0.3) is 0 Å². The molecule has 4 aromatic rings. The molecular weight excluding hydrogens is 387 g/mol. The largest absolute Gasteiger partial charge is 0.416 e. The average Bonchev–Trinajstić information content (AvgIpc) is 3.10. The normalized spacial score (nSPS) is 11.9. The molecule has 0 saturated carbocycles. The van der Waals surface area contributed by atoms with Crippen LogP contribution in [0.2, 0.25) is 0 Å². The minimum absolute atomic E-state index is 0.456. The summed E-state index contributed by atoms with van der Waals surface area (Å²) in [6.07, 6.45) is 0.0153. The molecule has 0 radical (unpaired) electrons. The van der Waals surface area contributed by atoms with Gasteiger partial charge in [0.05, 0.1) is 17.0 Å². The monoisotopic (exact) mass is 409 g/mol. The molecule has 2 aromatic heterocycles. The summed E-state index contributed by atoms with van der Waals surface area (Å²) < 4.78 is 41.3. The lowest BCUT2D eigenvalue weighted by molar-refractivity contribution is -0.137. The van der Waals surface area contributed by atoms with Crippen LogP contribution < -0.4 is 0 Å². The molecule has 0 atom stereocenters. The molecule has 0 aliphatic heterocycles. The second kappa shape index (κ2) is 7.94. The molecule has 0 fully saturated rings. The van der Waals surface area contributed by atoms with Crippen molar-refractivity contribution in [3.63, 3.8) is 0 Å². The molecule has 3 nitrogen and oxygen atoms in total. The van der Waals surface area contributed by atoms with Gasteiger partial charge in [0, 0.05) is 17.3 Å². The van der Waals surface area contributed by atoms with Crippen molar-refractivity contribution in [1.29, 1.82) is 0 Å². The van der Waals surface area contributed by atoms with E-state index in [9.17, 15) is 13.2 Å². The van der Waals surface area contributed by atoms with E-state index in [1.807, 2.05) is 31.2 Å². The molecule has 6 heteroatoms. The van der Waals surface area contributed by atoms with E-state index in [1.54, 1.807) is 22.8 Å². The Hall–Kier alpha value is -3.15. The predicted molar refractivity (Wildman–Crippen MR) is 112 cm³/mol. The standard InChI is InChI=1S/C24H22F3N3/c1-3-4-8-20-22(17-11-9-16(2)10-12-17)23-28-14-13-21(30(23)29-20)18-6-5-7-19(15-18)24(25,26)27/h5-7,9-15H,3-4,8H2,1-2H3. The molecule has 0 amide bonds. The van der Waals surface area contributed by atoms with Crippen LogP contribution in [0.15, 0.2) is 60.8 Å². The minimum Gasteiger partial charge on any atom is -0.236 e. The zero-order valence-electron chi connectivity index (χ0n) is 16.9. The maximum Gasteiger partial charge on any atom is 0.416 e. The van der Waals surface area contributed by atoms with Crippen LogP contribution in [0.3, 0.4) is 0 Å². The van der Waals surface area contributed by atoms with Gasteiger partial charge in [-0.15, -0.1) is 0 Å². The van der Waals surface area contributed by atoms with Crippen molar-refractivity contribution in [3.05, 3.63) is 77.6 Å². The summed E-state index contributed by atoms with van der Waals surface area (Å²) in [5, 5.41) is 4.79. The number of rotatable bonds is 5. The number of fused-ring (bicyclic) bond motifs is 1. The quantitative estimate of drug-likeness (QED) is 0.366. The molecule has 0 N–H and O–H groups in total. The molecule has 0 aliphatic carbocycles. The number of alkyl halides is 3. The van der Waals surface area contributed by atoms with E-state index in [4.69, 9.17) is 5.10 Å². The molecule has 154 valence electrons. The minimum atomic E-state index is -4.40. The van der Waals surface area contributed by atoms with Gasteiger partial charge in [-0.1, -0.05) is 55.3 Å². The van der Waals surface area contributed by atoms with Crippen molar-refractivity contribution < 1.29 is 13.2 Å². The summed E-state index contributed by atoms with van der Waals surface area (Å²) in [4.78, 5) is 4.54. The first-order chi connectivity index (χ1) is 14.4. The van der Waals surface area contributed by atoms with Crippen molar-refractivity contribution in [2.45, 2.75) is 39.3 Å². The van der Waals surface area contributed by atoms with E-state index in [2.05, 4.69) is 11.9 Å². The Balaban J connectivity index is 1.93. The van der Waals surface area contributed by atoms with Gasteiger partial charge in [-0.2, -0.15) is 18.3 Å². The van der Waals surface area contributed by atoms with Gasteiger partial charge < -0.3 is 0 Å². The predicted octanol–water partition coefficient (Wildman–Crippen LogP) is 6.73. The molecule has 0 unspecified atom stereocenters. The number of hydrogen-bond donors (Lipinski definition) is 0. The number of halogens is 3. The van der Waals surface area contributed by atoms with E-state index in [1.165, 1.54) is 6.07 Å². The summed E-state index contributed by atoms with van der Waals surface area (Å²) in [6.45, 7) is 4.15. The highest BCUT2D eigenvalue weighted by Gasteiger charge is 2.30. The average molecular weight is 409 g/mol. The lowest BCUT2D eigenvalue weighted by Gasteiger charge is -2.10. The fraction of sp³-hybridized carbons (Fsp3) is 0.250. The Kier molecular flexibility index (Phi) is 5.33. The third kappa shape index (κ3) is 3.82. The third-order valence-electron chi connectivity index (χ3n) is 5.18. The molecule has 4 rings (SSSR count). The molecule has 2 heterocycles. The number of hydrogen-bond acceptors (Lipinski definition) is 2. The first kappa shape index (κ1) is 20.1. The molecule has 0 spiro atoms. The summed E-state index contributed by atoms with van der Waals surface area (Å²) in [7, 11) is 0. The Labute approximate surface area is 173 Å². The van der Waals surface area contributed by atoms with Gasteiger partial charge >= 0.3 is 6.18 Å². The molecule has 2 aromatic carbocycles. The van der Waals surface area contributed by atoms with Gasteiger partial charge in [0.1, 0.15) is 0 Å². The van der Waals surface area contributed by atoms with Crippen LogP contribution in [0.25, 0.3) is 28.0 Å². The van der Waals surface area contributed by atoms with Crippen LogP contribution in [-0.2, 0) is 12.6 Å². The topological polar surface area (TPSA) is 30.2 Å². The summed E-state index contributed by atoms with van der Waals surface area (Å²) >= 11 is 0. The lowest BCUT2D eigenvalue weighted by Crippen LogP contribution is -2.05. The van der Waals surface area contributed by atoms with Gasteiger partial charge in [-0.3, -0.25) is 0 Å². The Bertz CT molecular complexity index is 1170. The maximum absolute atomic E-state index is 13.2. The van der Waals surface area contributed by atoms with Crippen LogP contribution >= 0.6 is 0 Å². The smallest absolute Gasteiger partial charge is 0.236 e. The van der Waals surface area contributed by atoms with Crippen LogP contribution in [0.5, 0.6) is 0 Å². The van der Waals surface area contributed by atoms with Gasteiger partial charge in [0.15, 0.2) is 5.65 Å². The Morgan fingerprint density at radius 1 is 0.967 bits per heavy atom. The van der Waals surface area contributed by atoms with Crippen molar-refractivity contribution >= 4 is 5.65 Å². The SMILES string of the molecule is CCCCc1nn2c(-c3cccc(C(F)(F)F)c3)ccnc2c1-c1ccc(C)cc1. The van der Waals surface area contributed by atoms with Gasteiger partial charge in [-0.25, -0.2) is 9.50 Å². The van der Waals surface area contributed by atoms with Crippen LogP contribution in [0.1, 0.15) is 36.6 Å². The van der Waals surface area contributed by atoms with Crippen molar-refractivity contribution in [1.82, 2.24) is 14.6 Å². The highest BCUT2D eigenvalue weighted by molar-refractivity contribution is 5.81. The molecular formula is C24H22F3N3. The molecule has 0 saturated heterocycles. The number of nitrogens with zero attached hydrogens (tertiary/aromatic N) is 3.